The highest BCUT2D eigenvalue weighted by Crippen LogP contribution is 2.44. The third-order valence-electron chi connectivity index (χ3n) is 5.28. The largest absolute Gasteiger partial charge is 0.345 e. The highest BCUT2D eigenvalue weighted by molar-refractivity contribution is 5.79. The minimum atomic E-state index is -0.00937. The number of carbonyl (C=O) groups is 1. The van der Waals surface area contributed by atoms with Crippen LogP contribution in [0, 0.1) is 17.3 Å². The molecule has 3 atom stereocenters. The molecular formula is C16H33N3O. The zero-order chi connectivity index (χ0) is 15.5. The highest BCUT2D eigenvalue weighted by Gasteiger charge is 2.45. The standard InChI is InChI=1S/C16H33N3O/c1-12-14(17)9-8-13(16(12,2)3)15(20)19(6)11-7-10-18(4)5/h12-14H,7-11,17H2,1-6H3. The summed E-state index contributed by atoms with van der Waals surface area (Å²) in [5, 5.41) is 0. The van der Waals surface area contributed by atoms with E-state index in [0.717, 1.165) is 32.4 Å². The molecule has 2 N–H and O–H groups in total. The molecule has 0 heterocycles. The van der Waals surface area contributed by atoms with E-state index in [2.05, 4.69) is 39.8 Å². The van der Waals surface area contributed by atoms with E-state index in [1.165, 1.54) is 0 Å². The van der Waals surface area contributed by atoms with Crippen LogP contribution in [0.25, 0.3) is 0 Å². The van der Waals surface area contributed by atoms with Gasteiger partial charge in [0.1, 0.15) is 0 Å². The lowest BCUT2D eigenvalue weighted by Crippen LogP contribution is -2.52. The van der Waals surface area contributed by atoms with Crippen LogP contribution in [0.15, 0.2) is 0 Å². The van der Waals surface area contributed by atoms with Crippen molar-refractivity contribution < 1.29 is 4.79 Å². The Balaban J connectivity index is 2.61. The van der Waals surface area contributed by atoms with Gasteiger partial charge in [-0.1, -0.05) is 20.8 Å². The lowest BCUT2D eigenvalue weighted by molar-refractivity contribution is -0.142. The van der Waals surface area contributed by atoms with Gasteiger partial charge in [0, 0.05) is 25.6 Å². The van der Waals surface area contributed by atoms with Crippen LogP contribution < -0.4 is 5.73 Å². The Labute approximate surface area is 124 Å². The van der Waals surface area contributed by atoms with Gasteiger partial charge in [-0.3, -0.25) is 4.79 Å². The quantitative estimate of drug-likeness (QED) is 0.837. The fourth-order valence-electron chi connectivity index (χ4n) is 3.29. The van der Waals surface area contributed by atoms with Gasteiger partial charge >= 0.3 is 0 Å². The zero-order valence-electron chi connectivity index (χ0n) is 14.1. The van der Waals surface area contributed by atoms with Gasteiger partial charge in [-0.25, -0.2) is 0 Å². The van der Waals surface area contributed by atoms with Crippen LogP contribution in [0.2, 0.25) is 0 Å². The Kier molecular flexibility index (Phi) is 6.02. The SMILES string of the molecule is CC1C(N)CCC(C(=O)N(C)CCCN(C)C)C1(C)C. The third-order valence-corrected chi connectivity index (χ3v) is 5.28. The molecule has 0 aliphatic heterocycles. The molecule has 4 heteroatoms. The highest BCUT2D eigenvalue weighted by atomic mass is 16.2. The summed E-state index contributed by atoms with van der Waals surface area (Å²) in [4.78, 5) is 16.8. The molecule has 0 spiro atoms. The Morgan fingerprint density at radius 1 is 1.20 bits per heavy atom. The van der Waals surface area contributed by atoms with E-state index in [1.54, 1.807) is 0 Å². The molecule has 4 nitrogen and oxygen atoms in total. The van der Waals surface area contributed by atoms with Gasteiger partial charge in [-0.05, 0) is 51.2 Å². The number of hydrogen-bond acceptors (Lipinski definition) is 3. The molecule has 118 valence electrons. The average Bonchev–Trinajstić information content (AvgIpc) is 2.35. The van der Waals surface area contributed by atoms with Crippen LogP contribution in [0.5, 0.6) is 0 Å². The number of nitrogens with zero attached hydrogens (tertiary/aromatic N) is 2. The molecule has 1 rings (SSSR count). The van der Waals surface area contributed by atoms with E-state index in [9.17, 15) is 4.79 Å². The number of amides is 1. The van der Waals surface area contributed by atoms with Gasteiger partial charge in [0.15, 0.2) is 0 Å². The van der Waals surface area contributed by atoms with E-state index in [0.29, 0.717) is 11.8 Å². The summed E-state index contributed by atoms with van der Waals surface area (Å²) in [5.41, 5.74) is 6.17. The summed E-state index contributed by atoms with van der Waals surface area (Å²) in [6, 6.07) is 0.230. The lowest BCUT2D eigenvalue weighted by atomic mass is 9.61. The van der Waals surface area contributed by atoms with Gasteiger partial charge in [0.05, 0.1) is 0 Å². The van der Waals surface area contributed by atoms with Crippen molar-refractivity contribution in [3.63, 3.8) is 0 Å². The second-order valence-corrected chi connectivity index (χ2v) is 7.32. The number of hydrogen-bond donors (Lipinski definition) is 1. The topological polar surface area (TPSA) is 49.6 Å². The Morgan fingerprint density at radius 3 is 2.35 bits per heavy atom. The van der Waals surface area contributed by atoms with Crippen LogP contribution in [-0.4, -0.2) is 56.0 Å². The molecule has 0 aromatic rings. The summed E-state index contributed by atoms with van der Waals surface area (Å²) in [6.07, 6.45) is 2.92. The Hall–Kier alpha value is -0.610. The number of nitrogens with two attached hydrogens (primary N) is 1. The molecule has 0 saturated heterocycles. The fourth-order valence-corrected chi connectivity index (χ4v) is 3.29. The lowest BCUT2D eigenvalue weighted by Gasteiger charge is -2.47. The molecule has 0 aromatic carbocycles. The van der Waals surface area contributed by atoms with Crippen molar-refractivity contribution in [2.45, 2.75) is 46.1 Å². The van der Waals surface area contributed by atoms with E-state index < -0.39 is 0 Å². The third kappa shape index (κ3) is 3.95. The first-order valence-electron chi connectivity index (χ1n) is 7.83. The maximum Gasteiger partial charge on any atom is 0.225 e. The summed E-state index contributed by atoms with van der Waals surface area (Å²) < 4.78 is 0. The van der Waals surface area contributed by atoms with Crippen LogP contribution in [0.4, 0.5) is 0 Å². The Bertz CT molecular complexity index is 328. The maximum atomic E-state index is 12.7. The van der Waals surface area contributed by atoms with Gasteiger partial charge in [-0.2, -0.15) is 0 Å². The number of carbonyl (C=O) groups excluding carboxylic acids is 1. The first kappa shape index (κ1) is 17.4. The molecule has 3 unspecified atom stereocenters. The van der Waals surface area contributed by atoms with Crippen molar-refractivity contribution in [3.05, 3.63) is 0 Å². The van der Waals surface area contributed by atoms with Gasteiger partial charge in [0.2, 0.25) is 5.91 Å². The predicted octanol–water partition coefficient (Wildman–Crippen LogP) is 1.80. The summed E-state index contributed by atoms with van der Waals surface area (Å²) in [7, 11) is 6.07. The monoisotopic (exact) mass is 283 g/mol. The fraction of sp³-hybridized carbons (Fsp3) is 0.938. The smallest absolute Gasteiger partial charge is 0.225 e. The molecule has 1 saturated carbocycles. The van der Waals surface area contributed by atoms with E-state index >= 15 is 0 Å². The maximum absolute atomic E-state index is 12.7. The van der Waals surface area contributed by atoms with Crippen LogP contribution in [-0.2, 0) is 4.79 Å². The number of rotatable bonds is 5. The van der Waals surface area contributed by atoms with Gasteiger partial charge < -0.3 is 15.5 Å². The predicted molar refractivity (Wildman–Crippen MR) is 84.5 cm³/mol. The molecule has 1 amide bonds. The molecule has 0 bridgehead atoms. The van der Waals surface area contributed by atoms with E-state index in [4.69, 9.17) is 5.73 Å². The summed E-state index contributed by atoms with van der Waals surface area (Å²) >= 11 is 0. The zero-order valence-corrected chi connectivity index (χ0v) is 14.1. The summed E-state index contributed by atoms with van der Waals surface area (Å²) in [6.45, 7) is 8.45. The van der Waals surface area contributed by atoms with E-state index in [-0.39, 0.29) is 17.4 Å². The van der Waals surface area contributed by atoms with Crippen molar-refractivity contribution >= 4 is 5.91 Å². The van der Waals surface area contributed by atoms with Crippen molar-refractivity contribution in [1.29, 1.82) is 0 Å². The van der Waals surface area contributed by atoms with Crippen LogP contribution >= 0.6 is 0 Å². The van der Waals surface area contributed by atoms with Gasteiger partial charge in [-0.15, -0.1) is 0 Å². The van der Waals surface area contributed by atoms with Crippen molar-refractivity contribution in [3.8, 4) is 0 Å². The molecule has 1 aliphatic carbocycles. The molecule has 1 fully saturated rings. The van der Waals surface area contributed by atoms with E-state index in [1.807, 2.05) is 11.9 Å². The second kappa shape index (κ2) is 6.90. The summed E-state index contributed by atoms with van der Waals surface area (Å²) in [5.74, 6) is 0.800. The minimum absolute atomic E-state index is 0.00937. The Morgan fingerprint density at radius 2 is 1.80 bits per heavy atom. The van der Waals surface area contributed by atoms with Crippen LogP contribution in [0.3, 0.4) is 0 Å². The second-order valence-electron chi connectivity index (χ2n) is 7.32. The van der Waals surface area contributed by atoms with Crippen molar-refractivity contribution in [1.82, 2.24) is 9.80 Å². The van der Waals surface area contributed by atoms with Crippen molar-refractivity contribution in [2.24, 2.45) is 23.0 Å². The average molecular weight is 283 g/mol. The molecule has 0 radical (unpaired) electrons. The molecular weight excluding hydrogens is 250 g/mol. The molecule has 0 aromatic heterocycles. The molecule has 1 aliphatic rings. The minimum Gasteiger partial charge on any atom is -0.345 e. The van der Waals surface area contributed by atoms with Gasteiger partial charge in [0.25, 0.3) is 0 Å². The van der Waals surface area contributed by atoms with Crippen LogP contribution in [0.1, 0.15) is 40.0 Å². The first-order chi connectivity index (χ1) is 9.17. The normalized spacial score (nSPS) is 29.5. The molecule has 20 heavy (non-hydrogen) atoms. The van der Waals surface area contributed by atoms with Crippen molar-refractivity contribution in [2.75, 3.05) is 34.2 Å². The first-order valence-corrected chi connectivity index (χ1v) is 7.83.